The highest BCUT2D eigenvalue weighted by molar-refractivity contribution is 4.79. The monoisotopic (exact) mass is 366 g/mol. The van der Waals surface area contributed by atoms with Gasteiger partial charge in [-0.1, -0.05) is 137 Å². The van der Waals surface area contributed by atoms with Crippen LogP contribution in [0.1, 0.15) is 163 Å². The van der Waals surface area contributed by atoms with Gasteiger partial charge in [0.2, 0.25) is 0 Å². The number of rotatable bonds is 21. The summed E-state index contributed by atoms with van der Waals surface area (Å²) in [4.78, 5) is 0. The molecule has 0 heteroatoms. The fourth-order valence-corrected chi connectivity index (χ4v) is 4.90. The quantitative estimate of drug-likeness (QED) is 0.177. The van der Waals surface area contributed by atoms with E-state index in [0.717, 1.165) is 0 Å². The molecule has 158 valence electrons. The van der Waals surface area contributed by atoms with Crippen molar-refractivity contribution in [1.82, 2.24) is 0 Å². The third-order valence-corrected chi connectivity index (χ3v) is 6.43. The Bertz CT molecular complexity index is 249. The molecule has 0 N–H and O–H groups in total. The fourth-order valence-electron chi connectivity index (χ4n) is 4.90. The summed E-state index contributed by atoms with van der Waals surface area (Å²) in [6.45, 7) is 9.44. The molecule has 0 saturated heterocycles. The van der Waals surface area contributed by atoms with Crippen molar-refractivity contribution in [3.8, 4) is 0 Å². The predicted molar refractivity (Wildman–Crippen MR) is 122 cm³/mol. The van der Waals surface area contributed by atoms with Crippen molar-refractivity contribution in [1.29, 1.82) is 0 Å². The van der Waals surface area contributed by atoms with Gasteiger partial charge in [0.05, 0.1) is 0 Å². The van der Waals surface area contributed by atoms with Crippen molar-refractivity contribution in [2.45, 2.75) is 163 Å². The number of hydrogen-bond acceptors (Lipinski definition) is 0. The smallest absolute Gasteiger partial charge is 0.0298 e. The van der Waals surface area contributed by atoms with Crippen LogP contribution in [0.25, 0.3) is 0 Å². The molecule has 0 aromatic heterocycles. The molecule has 0 fully saturated rings. The highest BCUT2D eigenvalue weighted by Crippen LogP contribution is 2.40. The van der Waals surface area contributed by atoms with E-state index in [1.54, 1.807) is 0 Å². The topological polar surface area (TPSA) is 0 Å². The molecule has 0 aromatic rings. The summed E-state index contributed by atoms with van der Waals surface area (Å²) in [7, 11) is 0. The van der Waals surface area contributed by atoms with E-state index in [2.05, 4.69) is 27.7 Å². The lowest BCUT2D eigenvalue weighted by Crippen LogP contribution is -2.21. The molecular weight excluding hydrogens is 312 g/mol. The van der Waals surface area contributed by atoms with Crippen molar-refractivity contribution >= 4 is 0 Å². The van der Waals surface area contributed by atoms with Gasteiger partial charge in [0.15, 0.2) is 0 Å². The Morgan fingerprint density at radius 2 is 0.615 bits per heavy atom. The Balaban J connectivity index is 4.03. The van der Waals surface area contributed by atoms with Gasteiger partial charge in [-0.2, -0.15) is 0 Å². The minimum absolute atomic E-state index is 0.690. The Morgan fingerprint density at radius 1 is 0.308 bits per heavy atom. The lowest BCUT2D eigenvalue weighted by Gasteiger charge is -2.34. The van der Waals surface area contributed by atoms with Crippen LogP contribution in [-0.2, 0) is 0 Å². The lowest BCUT2D eigenvalue weighted by molar-refractivity contribution is 0.180. The zero-order chi connectivity index (χ0) is 19.3. The molecule has 0 aromatic carbocycles. The molecule has 26 heavy (non-hydrogen) atoms. The second-order valence-corrected chi connectivity index (χ2v) is 9.10. The van der Waals surface area contributed by atoms with Crippen LogP contribution < -0.4 is 0 Å². The molecule has 0 bridgehead atoms. The van der Waals surface area contributed by atoms with Crippen LogP contribution in [0.15, 0.2) is 0 Å². The molecule has 0 nitrogen and oxygen atoms in total. The maximum Gasteiger partial charge on any atom is -0.0298 e. The highest BCUT2D eigenvalue weighted by atomic mass is 14.3. The van der Waals surface area contributed by atoms with Crippen LogP contribution >= 0.6 is 0 Å². The van der Waals surface area contributed by atoms with Crippen LogP contribution in [-0.4, -0.2) is 0 Å². The number of unbranched alkanes of at least 4 members (excludes halogenated alkanes) is 13. The third-order valence-electron chi connectivity index (χ3n) is 6.43. The second kappa shape index (κ2) is 19.8. The van der Waals surface area contributed by atoms with Crippen molar-refractivity contribution in [2.24, 2.45) is 5.41 Å². The molecule has 0 radical (unpaired) electrons. The SMILES string of the molecule is CCCCCCCCCCC(CCC)(CCC)CCCCCCCCC. The van der Waals surface area contributed by atoms with Crippen LogP contribution in [0.3, 0.4) is 0 Å². The Kier molecular flexibility index (Phi) is 19.8. The van der Waals surface area contributed by atoms with E-state index in [4.69, 9.17) is 0 Å². The predicted octanol–water partition coefficient (Wildman–Crippen LogP) is 10.2. The van der Waals surface area contributed by atoms with Crippen molar-refractivity contribution in [3.05, 3.63) is 0 Å². The maximum atomic E-state index is 2.41. The summed E-state index contributed by atoms with van der Waals surface area (Å²) < 4.78 is 0. The second-order valence-electron chi connectivity index (χ2n) is 9.10. The molecule has 0 saturated carbocycles. The molecule has 0 aliphatic carbocycles. The van der Waals surface area contributed by atoms with Crippen LogP contribution in [0.5, 0.6) is 0 Å². The van der Waals surface area contributed by atoms with Crippen LogP contribution in [0.4, 0.5) is 0 Å². The van der Waals surface area contributed by atoms with E-state index in [9.17, 15) is 0 Å². The van der Waals surface area contributed by atoms with E-state index in [-0.39, 0.29) is 0 Å². The Morgan fingerprint density at radius 3 is 0.923 bits per heavy atom. The zero-order valence-electron chi connectivity index (χ0n) is 19.3. The molecule has 0 spiro atoms. The molecule has 0 unspecified atom stereocenters. The van der Waals surface area contributed by atoms with Gasteiger partial charge in [0.25, 0.3) is 0 Å². The van der Waals surface area contributed by atoms with Gasteiger partial charge in [-0.15, -0.1) is 0 Å². The van der Waals surface area contributed by atoms with Crippen molar-refractivity contribution < 1.29 is 0 Å². The summed E-state index contributed by atoms with van der Waals surface area (Å²) in [6, 6.07) is 0. The average molecular weight is 367 g/mol. The minimum Gasteiger partial charge on any atom is -0.0654 e. The first kappa shape index (κ1) is 26.0. The largest absolute Gasteiger partial charge is 0.0654 e. The summed E-state index contributed by atoms with van der Waals surface area (Å²) in [5.41, 5.74) is 0.690. The fraction of sp³-hybridized carbons (Fsp3) is 1.00. The van der Waals surface area contributed by atoms with E-state index in [1.807, 2.05) is 0 Å². The standard InChI is InChI=1S/C26H54/c1-5-9-11-13-15-17-19-21-25-26(22-7-3,23-8-4)24-20-18-16-14-12-10-6-2/h5-25H2,1-4H3. The Labute approximate surface area is 168 Å². The average Bonchev–Trinajstić information content (AvgIpc) is 2.63. The summed E-state index contributed by atoms with van der Waals surface area (Å²) in [5.74, 6) is 0. The normalized spacial score (nSPS) is 12.0. The zero-order valence-corrected chi connectivity index (χ0v) is 19.3. The van der Waals surface area contributed by atoms with E-state index >= 15 is 0 Å². The maximum absolute atomic E-state index is 2.41. The molecule has 0 atom stereocenters. The lowest BCUT2D eigenvalue weighted by atomic mass is 9.71. The molecule has 0 rings (SSSR count). The van der Waals surface area contributed by atoms with E-state index in [1.165, 1.54) is 135 Å². The first-order chi connectivity index (χ1) is 12.7. The van der Waals surface area contributed by atoms with Gasteiger partial charge in [0, 0.05) is 0 Å². The first-order valence-electron chi connectivity index (χ1n) is 12.7. The van der Waals surface area contributed by atoms with Gasteiger partial charge in [0.1, 0.15) is 0 Å². The summed E-state index contributed by atoms with van der Waals surface area (Å²) >= 11 is 0. The minimum atomic E-state index is 0.690. The van der Waals surface area contributed by atoms with E-state index in [0.29, 0.717) is 5.41 Å². The summed E-state index contributed by atoms with van der Waals surface area (Å²) in [6.07, 6.45) is 30.6. The molecular formula is C26H54. The third kappa shape index (κ3) is 15.1. The van der Waals surface area contributed by atoms with Crippen molar-refractivity contribution in [2.75, 3.05) is 0 Å². The van der Waals surface area contributed by atoms with Gasteiger partial charge in [-0.25, -0.2) is 0 Å². The van der Waals surface area contributed by atoms with Crippen LogP contribution in [0, 0.1) is 5.41 Å². The molecule has 0 aliphatic heterocycles. The van der Waals surface area contributed by atoms with Crippen LogP contribution in [0.2, 0.25) is 0 Å². The Hall–Kier alpha value is 0. The highest BCUT2D eigenvalue weighted by Gasteiger charge is 2.26. The molecule has 0 amide bonds. The molecule has 0 heterocycles. The first-order valence-corrected chi connectivity index (χ1v) is 12.7. The summed E-state index contributed by atoms with van der Waals surface area (Å²) in [5, 5.41) is 0. The van der Waals surface area contributed by atoms with Gasteiger partial charge in [-0.05, 0) is 31.1 Å². The number of hydrogen-bond donors (Lipinski definition) is 0. The van der Waals surface area contributed by atoms with Crippen molar-refractivity contribution in [3.63, 3.8) is 0 Å². The van der Waals surface area contributed by atoms with E-state index < -0.39 is 0 Å². The van der Waals surface area contributed by atoms with Gasteiger partial charge >= 0.3 is 0 Å². The van der Waals surface area contributed by atoms with Gasteiger partial charge in [-0.3, -0.25) is 0 Å². The van der Waals surface area contributed by atoms with Gasteiger partial charge < -0.3 is 0 Å². The molecule has 0 aliphatic rings.